The van der Waals surface area contributed by atoms with Crippen molar-refractivity contribution < 1.29 is 48.1 Å². The van der Waals surface area contributed by atoms with Gasteiger partial charge in [0, 0.05) is 0 Å². The number of allylic oxidation sites excluding steroid dienone is 8. The van der Waals surface area contributed by atoms with Crippen LogP contribution in [0, 0.1) is 12.2 Å². The van der Waals surface area contributed by atoms with Crippen LogP contribution in [-0.2, 0) is 23.3 Å². The summed E-state index contributed by atoms with van der Waals surface area (Å²) in [5.74, 6) is 0. The van der Waals surface area contributed by atoms with Crippen LogP contribution in [0.5, 0.6) is 0 Å². The van der Waals surface area contributed by atoms with Gasteiger partial charge in [0.2, 0.25) is 0 Å². The predicted octanol–water partition coefficient (Wildman–Crippen LogP) is -1.43. The van der Waals surface area contributed by atoms with E-state index in [2.05, 4.69) is 64.2 Å². The molecule has 0 N–H and O–H groups in total. The summed E-state index contributed by atoms with van der Waals surface area (Å²) in [6.45, 7) is 10.9. The maximum absolute atomic E-state index is 3.19. The second-order valence-electron chi connectivity index (χ2n) is 4.49. The number of hydrogen-bond donors (Lipinski definition) is 0. The summed E-state index contributed by atoms with van der Waals surface area (Å²) in [5, 5.41) is 0. The topological polar surface area (TPSA) is 0 Å². The average molecular weight is 393 g/mol. The van der Waals surface area contributed by atoms with Crippen molar-refractivity contribution >= 4 is 5.43 Å². The Labute approximate surface area is 146 Å². The van der Waals surface area contributed by atoms with Crippen molar-refractivity contribution in [1.29, 1.82) is 0 Å². The molecule has 0 spiro atoms. The monoisotopic (exact) mass is 390 g/mol. The molecule has 0 bridgehead atoms. The molecule has 0 aliphatic heterocycles. The van der Waals surface area contributed by atoms with Crippen LogP contribution in [0.4, 0.5) is 0 Å². The van der Waals surface area contributed by atoms with Gasteiger partial charge < -0.3 is 24.8 Å². The van der Waals surface area contributed by atoms with Crippen LogP contribution in [0.2, 0.25) is 13.1 Å². The smallest absolute Gasteiger partial charge is 1.00 e. The summed E-state index contributed by atoms with van der Waals surface area (Å²) in [4.78, 5) is 0. The van der Waals surface area contributed by atoms with E-state index in [-0.39, 0.29) is 30.2 Å². The third-order valence-corrected chi connectivity index (χ3v) is 1.98. The molecule has 0 atom stereocenters. The zero-order valence-corrected chi connectivity index (χ0v) is 17.4. The zero-order chi connectivity index (χ0) is 13.3. The summed E-state index contributed by atoms with van der Waals surface area (Å²) in [6.07, 6.45) is 14.7. The van der Waals surface area contributed by atoms with Crippen molar-refractivity contribution in [3.05, 3.63) is 47.1 Å². The second kappa shape index (κ2) is 15.0. The first kappa shape index (κ1) is 24.6. The minimum Gasteiger partial charge on any atom is -1.00 e. The van der Waals surface area contributed by atoms with Gasteiger partial charge in [0.25, 0.3) is 0 Å². The molecule has 0 heterocycles. The Morgan fingerprint density at radius 3 is 1.68 bits per heavy atom. The minimum absolute atomic E-state index is 0. The Hall–Kier alpha value is 0.640. The van der Waals surface area contributed by atoms with Crippen LogP contribution in [0.15, 0.2) is 34.9 Å². The van der Waals surface area contributed by atoms with E-state index in [0.717, 1.165) is 12.8 Å². The third-order valence-electron chi connectivity index (χ3n) is 1.98. The van der Waals surface area contributed by atoms with E-state index < -0.39 is 0 Å². The first-order valence-electron chi connectivity index (χ1n) is 5.92. The average Bonchev–Trinajstić information content (AvgIpc) is 2.78. The number of hydrogen-bond acceptors (Lipinski definition) is 0. The van der Waals surface area contributed by atoms with Gasteiger partial charge in [-0.2, -0.15) is 11.6 Å². The van der Waals surface area contributed by atoms with Gasteiger partial charge in [-0.15, -0.1) is 12.8 Å². The van der Waals surface area contributed by atoms with Gasteiger partial charge in [0.1, 0.15) is 0 Å². The molecule has 0 aromatic heterocycles. The molecular weight excluding hydrogens is 370 g/mol. The van der Waals surface area contributed by atoms with E-state index in [1.807, 2.05) is 0 Å². The Balaban J connectivity index is -0.000000199. The quantitative estimate of drug-likeness (QED) is 0.351. The van der Waals surface area contributed by atoms with Crippen molar-refractivity contribution in [2.45, 2.75) is 46.7 Å². The molecule has 0 aromatic carbocycles. The fourth-order valence-electron chi connectivity index (χ4n) is 1.27. The maximum Gasteiger partial charge on any atom is -1.00 e. The Morgan fingerprint density at radius 1 is 1.05 bits per heavy atom. The van der Waals surface area contributed by atoms with Gasteiger partial charge in [-0.25, -0.2) is 23.3 Å². The molecule has 106 valence electrons. The van der Waals surface area contributed by atoms with E-state index in [1.165, 1.54) is 16.7 Å². The molecule has 2 aliphatic carbocycles. The predicted molar refractivity (Wildman–Crippen MR) is 74.5 cm³/mol. The minimum atomic E-state index is 0. The molecule has 0 nitrogen and oxygen atoms in total. The molecule has 2 rings (SSSR count). The molecule has 2 aliphatic rings. The zero-order valence-electron chi connectivity index (χ0n) is 12.4. The van der Waals surface area contributed by atoms with Crippen LogP contribution in [0.1, 0.15) is 33.6 Å². The normalized spacial score (nSPS) is 14.4. The largest absolute Gasteiger partial charge is 1.00 e. The second-order valence-corrected chi connectivity index (χ2v) is 13.9. The van der Waals surface area contributed by atoms with Crippen molar-refractivity contribution in [2.24, 2.45) is 0 Å². The molecular formula is C15H22Cl2SiZr-2. The van der Waals surface area contributed by atoms with E-state index in [0.29, 0.717) is 0 Å². The Morgan fingerprint density at radius 2 is 1.58 bits per heavy atom. The SMILES string of the molecule is CC1=[C-]CC(C)=C1.CC1=[C-]CC=C1.C[Si](C)=[Zr+2].[Cl-].[Cl-]. The first-order valence-corrected chi connectivity index (χ1v) is 12.1. The summed E-state index contributed by atoms with van der Waals surface area (Å²) >= 11 is 1.74. The van der Waals surface area contributed by atoms with E-state index in [9.17, 15) is 0 Å². The van der Waals surface area contributed by atoms with Crippen LogP contribution < -0.4 is 24.8 Å². The van der Waals surface area contributed by atoms with Crippen LogP contribution in [-0.4, -0.2) is 5.43 Å². The van der Waals surface area contributed by atoms with Crippen LogP contribution in [0.25, 0.3) is 0 Å². The standard InChI is InChI=1S/C7H9.C6H7.C2H6Si.2ClH.Zr/c1-6-3-4-7(2)5-6;1-6-4-2-3-5-6;1-3-2;;;/h5H,3H2,1-2H3;2,4H,3H2,1H3;1-2H3;2*1H;/q2*-1;;;;+2/p-2. The molecule has 0 unspecified atom stereocenters. The molecule has 0 amide bonds. The van der Waals surface area contributed by atoms with Gasteiger partial charge in [-0.3, -0.25) is 12.2 Å². The van der Waals surface area contributed by atoms with Crippen LogP contribution in [0.3, 0.4) is 0 Å². The van der Waals surface area contributed by atoms with E-state index in [4.69, 9.17) is 0 Å². The molecule has 19 heavy (non-hydrogen) atoms. The van der Waals surface area contributed by atoms with E-state index >= 15 is 0 Å². The van der Waals surface area contributed by atoms with Crippen molar-refractivity contribution in [1.82, 2.24) is 0 Å². The molecule has 0 radical (unpaired) electrons. The molecule has 0 fully saturated rings. The first-order chi connectivity index (χ1) is 7.91. The molecule has 0 aromatic rings. The Kier molecular flexibility index (Phi) is 19.5. The van der Waals surface area contributed by atoms with Gasteiger partial charge in [-0.1, -0.05) is 20.8 Å². The summed E-state index contributed by atoms with van der Waals surface area (Å²) in [7, 11) is 0. The van der Waals surface area contributed by atoms with Crippen LogP contribution >= 0.6 is 0 Å². The molecule has 4 heteroatoms. The summed E-state index contributed by atoms with van der Waals surface area (Å²) in [5.41, 5.74) is 4.20. The van der Waals surface area contributed by atoms with Crippen molar-refractivity contribution in [2.75, 3.05) is 0 Å². The number of halogens is 2. The van der Waals surface area contributed by atoms with E-state index in [1.54, 1.807) is 23.3 Å². The molecule has 0 saturated carbocycles. The van der Waals surface area contributed by atoms with Gasteiger partial charge >= 0.3 is 41.9 Å². The van der Waals surface area contributed by atoms with Gasteiger partial charge in [-0.05, 0) is 0 Å². The van der Waals surface area contributed by atoms with Gasteiger partial charge in [0.05, 0.1) is 0 Å². The van der Waals surface area contributed by atoms with Gasteiger partial charge in [0.15, 0.2) is 0 Å². The van der Waals surface area contributed by atoms with Crippen molar-refractivity contribution in [3.8, 4) is 0 Å². The van der Waals surface area contributed by atoms with Crippen molar-refractivity contribution in [3.63, 3.8) is 0 Å². The fourth-order valence-corrected chi connectivity index (χ4v) is 1.27. The summed E-state index contributed by atoms with van der Waals surface area (Å²) < 4.78 is 0. The number of rotatable bonds is 0. The maximum atomic E-state index is 3.19. The Bertz CT molecular complexity index is 373. The summed E-state index contributed by atoms with van der Waals surface area (Å²) in [6, 6.07) is 0. The third kappa shape index (κ3) is 18.6. The fraction of sp³-hybridized carbons (Fsp3) is 0.467. The molecule has 0 saturated heterocycles.